The second-order valence-electron chi connectivity index (χ2n) is 6.31. The molecular formula is C14H22F2O. The van der Waals surface area contributed by atoms with Gasteiger partial charge < -0.3 is 0 Å². The Hall–Kier alpha value is -0.730. The van der Waals surface area contributed by atoms with Gasteiger partial charge in [-0.2, -0.15) is 8.78 Å². The molecule has 0 N–H and O–H groups in total. The molecule has 1 saturated carbocycles. The molecule has 3 heteroatoms. The largest absolute Gasteiger partial charge is 0.299 e. The fourth-order valence-electron chi connectivity index (χ4n) is 2.55. The molecule has 98 valence electrons. The molecule has 0 aromatic carbocycles. The van der Waals surface area contributed by atoms with E-state index in [1.807, 2.05) is 20.8 Å². The summed E-state index contributed by atoms with van der Waals surface area (Å²) in [5, 5.41) is 0. The van der Waals surface area contributed by atoms with Gasteiger partial charge in [0.05, 0.1) is 5.41 Å². The van der Waals surface area contributed by atoms with Gasteiger partial charge in [-0.3, -0.25) is 4.79 Å². The molecule has 17 heavy (non-hydrogen) atoms. The highest BCUT2D eigenvalue weighted by Crippen LogP contribution is 2.42. The fraction of sp³-hybridized carbons (Fsp3) is 0.786. The highest BCUT2D eigenvalue weighted by atomic mass is 19.3. The first-order valence-corrected chi connectivity index (χ1v) is 6.32. The van der Waals surface area contributed by atoms with E-state index in [0.29, 0.717) is 19.3 Å². The molecule has 0 aliphatic heterocycles. The molecule has 0 unspecified atom stereocenters. The van der Waals surface area contributed by atoms with E-state index in [0.717, 1.165) is 25.3 Å². The zero-order valence-electron chi connectivity index (χ0n) is 11.0. The van der Waals surface area contributed by atoms with Gasteiger partial charge in [0.2, 0.25) is 0 Å². The summed E-state index contributed by atoms with van der Waals surface area (Å²) in [5.41, 5.74) is -1.02. The van der Waals surface area contributed by atoms with E-state index in [1.165, 1.54) is 0 Å². The van der Waals surface area contributed by atoms with Gasteiger partial charge in [-0.1, -0.05) is 40.0 Å². The molecule has 0 aromatic heterocycles. The van der Waals surface area contributed by atoms with Crippen LogP contribution in [0.5, 0.6) is 0 Å². The first-order valence-electron chi connectivity index (χ1n) is 6.32. The maximum absolute atomic E-state index is 12.6. The standard InChI is InChI=1S/C14H22F2O/c1-13(2,3)9-11(17)14(10-12(15)16)7-5-4-6-8-14/h10H,4-9H2,1-3H3. The SMILES string of the molecule is CC(C)(C)CC(=O)C1(C=C(F)F)CCCCC1. The van der Waals surface area contributed by atoms with Crippen LogP contribution in [0.25, 0.3) is 0 Å². The van der Waals surface area contributed by atoms with Crippen molar-refractivity contribution in [2.45, 2.75) is 59.3 Å². The molecule has 1 rings (SSSR count). The van der Waals surface area contributed by atoms with E-state index in [1.54, 1.807) is 0 Å². The number of hydrogen-bond donors (Lipinski definition) is 0. The number of hydrogen-bond acceptors (Lipinski definition) is 1. The van der Waals surface area contributed by atoms with Gasteiger partial charge in [-0.25, -0.2) is 0 Å². The van der Waals surface area contributed by atoms with Gasteiger partial charge in [-0.05, 0) is 24.3 Å². The molecule has 0 atom stereocenters. The Kier molecular flexibility index (Phi) is 4.45. The van der Waals surface area contributed by atoms with E-state index in [2.05, 4.69) is 0 Å². The number of Topliss-reactive ketones (excluding diaryl/α,β-unsaturated/α-hetero) is 1. The lowest BCUT2D eigenvalue weighted by molar-refractivity contribution is -0.129. The monoisotopic (exact) mass is 244 g/mol. The molecule has 1 fully saturated rings. The molecule has 0 radical (unpaired) electrons. The Morgan fingerprint density at radius 2 is 1.71 bits per heavy atom. The average Bonchev–Trinajstić information content (AvgIpc) is 2.15. The summed E-state index contributed by atoms with van der Waals surface area (Å²) in [7, 11) is 0. The topological polar surface area (TPSA) is 17.1 Å². The van der Waals surface area contributed by atoms with Crippen LogP contribution in [0.3, 0.4) is 0 Å². The van der Waals surface area contributed by atoms with Gasteiger partial charge in [0, 0.05) is 6.42 Å². The molecule has 1 nitrogen and oxygen atoms in total. The fourth-order valence-corrected chi connectivity index (χ4v) is 2.55. The normalized spacial score (nSPS) is 19.8. The smallest absolute Gasteiger partial charge is 0.267 e. The van der Waals surface area contributed by atoms with Crippen molar-refractivity contribution in [3.8, 4) is 0 Å². The van der Waals surface area contributed by atoms with Gasteiger partial charge in [0.15, 0.2) is 0 Å². The van der Waals surface area contributed by atoms with Gasteiger partial charge in [-0.15, -0.1) is 0 Å². The summed E-state index contributed by atoms with van der Waals surface area (Å²) in [6, 6.07) is 0. The quantitative estimate of drug-likeness (QED) is 0.702. The maximum atomic E-state index is 12.6. The first-order chi connectivity index (χ1) is 7.75. The zero-order valence-corrected chi connectivity index (χ0v) is 11.0. The molecule has 0 bridgehead atoms. The summed E-state index contributed by atoms with van der Waals surface area (Å²) >= 11 is 0. The second kappa shape index (κ2) is 5.28. The molecule has 0 spiro atoms. The number of rotatable bonds is 3. The van der Waals surface area contributed by atoms with E-state index < -0.39 is 11.5 Å². The molecule has 0 saturated heterocycles. The van der Waals surface area contributed by atoms with Crippen molar-refractivity contribution in [3.63, 3.8) is 0 Å². The van der Waals surface area contributed by atoms with Gasteiger partial charge >= 0.3 is 0 Å². The molecule has 1 aliphatic carbocycles. The van der Waals surface area contributed by atoms with Crippen molar-refractivity contribution in [3.05, 3.63) is 12.2 Å². The molecule has 1 aliphatic rings. The maximum Gasteiger partial charge on any atom is 0.267 e. The van der Waals surface area contributed by atoms with Crippen molar-refractivity contribution in [2.75, 3.05) is 0 Å². The van der Waals surface area contributed by atoms with E-state index in [9.17, 15) is 13.6 Å². The third kappa shape index (κ3) is 4.21. The highest BCUT2D eigenvalue weighted by molar-refractivity contribution is 5.87. The van der Waals surface area contributed by atoms with Gasteiger partial charge in [0.1, 0.15) is 5.78 Å². The number of halogens is 2. The van der Waals surface area contributed by atoms with Crippen molar-refractivity contribution >= 4 is 5.78 Å². The van der Waals surface area contributed by atoms with Crippen LogP contribution < -0.4 is 0 Å². The zero-order chi connectivity index (χ0) is 13.1. The average molecular weight is 244 g/mol. The summed E-state index contributed by atoms with van der Waals surface area (Å²) in [6.45, 7) is 5.91. The minimum Gasteiger partial charge on any atom is -0.299 e. The number of carbonyl (C=O) groups is 1. The Balaban J connectivity index is 2.90. The van der Waals surface area contributed by atoms with Crippen molar-refractivity contribution in [2.24, 2.45) is 10.8 Å². The molecule has 0 aromatic rings. The number of ketones is 1. The van der Waals surface area contributed by atoms with Crippen LogP contribution in [0.2, 0.25) is 0 Å². The molecule has 0 heterocycles. The summed E-state index contributed by atoms with van der Waals surface area (Å²) in [4.78, 5) is 12.3. The van der Waals surface area contributed by atoms with Crippen LogP contribution in [-0.2, 0) is 4.79 Å². The van der Waals surface area contributed by atoms with Crippen molar-refractivity contribution < 1.29 is 13.6 Å². The van der Waals surface area contributed by atoms with E-state index in [4.69, 9.17) is 0 Å². The Bertz CT molecular complexity index is 303. The highest BCUT2D eigenvalue weighted by Gasteiger charge is 2.39. The Morgan fingerprint density at radius 1 is 1.18 bits per heavy atom. The van der Waals surface area contributed by atoms with Crippen molar-refractivity contribution in [1.29, 1.82) is 0 Å². The Labute approximate surface area is 102 Å². The minimum absolute atomic E-state index is 0.0162. The van der Waals surface area contributed by atoms with Crippen LogP contribution in [0.4, 0.5) is 8.78 Å². The number of allylic oxidation sites excluding steroid dienone is 1. The predicted octanol–water partition coefficient (Wildman–Crippen LogP) is 4.72. The van der Waals surface area contributed by atoms with Crippen LogP contribution in [0, 0.1) is 10.8 Å². The van der Waals surface area contributed by atoms with Crippen LogP contribution >= 0.6 is 0 Å². The van der Waals surface area contributed by atoms with Gasteiger partial charge in [0.25, 0.3) is 6.08 Å². The summed E-state index contributed by atoms with van der Waals surface area (Å²) < 4.78 is 25.1. The molecular weight excluding hydrogens is 222 g/mol. The third-order valence-electron chi connectivity index (χ3n) is 3.38. The Morgan fingerprint density at radius 3 is 2.12 bits per heavy atom. The lowest BCUT2D eigenvalue weighted by Gasteiger charge is -2.34. The predicted molar refractivity (Wildman–Crippen MR) is 64.9 cm³/mol. The van der Waals surface area contributed by atoms with Crippen molar-refractivity contribution in [1.82, 2.24) is 0 Å². The third-order valence-corrected chi connectivity index (χ3v) is 3.38. The van der Waals surface area contributed by atoms with Crippen LogP contribution in [0.1, 0.15) is 59.3 Å². The summed E-state index contributed by atoms with van der Waals surface area (Å²) in [5.74, 6) is -0.0162. The lowest BCUT2D eigenvalue weighted by Crippen LogP contribution is -2.34. The lowest BCUT2D eigenvalue weighted by atomic mass is 9.68. The summed E-state index contributed by atoms with van der Waals surface area (Å²) in [6.07, 6.45) is 3.54. The van der Waals surface area contributed by atoms with Crippen LogP contribution in [0.15, 0.2) is 12.2 Å². The van der Waals surface area contributed by atoms with E-state index >= 15 is 0 Å². The second-order valence-corrected chi connectivity index (χ2v) is 6.31. The molecule has 0 amide bonds. The first kappa shape index (κ1) is 14.3. The van der Waals surface area contributed by atoms with Crippen LogP contribution in [-0.4, -0.2) is 5.78 Å². The minimum atomic E-state index is -1.71. The number of carbonyl (C=O) groups excluding carboxylic acids is 1. The van der Waals surface area contributed by atoms with E-state index in [-0.39, 0.29) is 11.2 Å².